The van der Waals surface area contributed by atoms with Gasteiger partial charge in [0, 0.05) is 22.7 Å². The van der Waals surface area contributed by atoms with E-state index in [-0.39, 0.29) is 25.0 Å². The van der Waals surface area contributed by atoms with Crippen molar-refractivity contribution in [2.24, 2.45) is 28.1 Å². The summed E-state index contributed by atoms with van der Waals surface area (Å²) >= 11 is 0. The number of aliphatic hydroxyl groups is 2. The maximum Gasteiger partial charge on any atom is 0.337 e. The van der Waals surface area contributed by atoms with Gasteiger partial charge in [0.2, 0.25) is 0 Å². The molecule has 1 aromatic rings. The zero-order valence-corrected chi connectivity index (χ0v) is 23.5. The number of nitrogens with zero attached hydrogens (tertiary/aromatic N) is 1. The fourth-order valence-corrected chi connectivity index (χ4v) is 9.36. The summed E-state index contributed by atoms with van der Waals surface area (Å²) in [5.74, 6) is -3.01. The molecule has 0 aromatic heterocycles. The molecule has 0 bridgehead atoms. The van der Waals surface area contributed by atoms with Crippen LogP contribution in [0.3, 0.4) is 0 Å². The number of halogens is 2. The summed E-state index contributed by atoms with van der Waals surface area (Å²) in [6.45, 7) is 4.58. The van der Waals surface area contributed by atoms with Crippen LogP contribution in [0.5, 0.6) is 0 Å². The van der Waals surface area contributed by atoms with Crippen molar-refractivity contribution >= 4 is 23.2 Å². The Bertz CT molecular complexity index is 1390. The highest BCUT2D eigenvalue weighted by molar-refractivity contribution is 6.01. The van der Waals surface area contributed by atoms with Crippen LogP contribution in [0.1, 0.15) is 50.4 Å². The van der Waals surface area contributed by atoms with E-state index in [2.05, 4.69) is 0 Å². The van der Waals surface area contributed by atoms with Crippen molar-refractivity contribution in [1.82, 2.24) is 0 Å². The Morgan fingerprint density at radius 1 is 1.17 bits per heavy atom. The molecule has 3 saturated carbocycles. The molecule has 4 fully saturated rings. The van der Waals surface area contributed by atoms with Gasteiger partial charge in [-0.3, -0.25) is 19.5 Å². The number of aliphatic hydroxyl groups excluding tert-OH is 2. The fraction of sp³-hybridized carbons (Fsp3) is 0.581. The number of rotatable bonds is 4. The van der Waals surface area contributed by atoms with Crippen molar-refractivity contribution in [3.05, 3.63) is 53.6 Å². The molecule has 9 atom stereocenters. The van der Waals surface area contributed by atoms with Crippen LogP contribution < -0.4 is 5.06 Å². The molecular weight excluding hydrogens is 536 g/mol. The van der Waals surface area contributed by atoms with Gasteiger partial charge in [-0.2, -0.15) is 0 Å². The highest BCUT2D eigenvalue weighted by Crippen LogP contribution is 2.77. The second-order valence-electron chi connectivity index (χ2n) is 12.9. The first-order valence-electron chi connectivity index (χ1n) is 14.0. The number of fused-ring (bicyclic) bond motifs is 7. The summed E-state index contributed by atoms with van der Waals surface area (Å²) < 4.78 is 38.3. The molecule has 220 valence electrons. The molecule has 1 aliphatic heterocycles. The van der Waals surface area contributed by atoms with Gasteiger partial charge in [-0.1, -0.05) is 19.9 Å². The largest absolute Gasteiger partial charge is 0.465 e. The fourth-order valence-electron chi connectivity index (χ4n) is 9.36. The van der Waals surface area contributed by atoms with Gasteiger partial charge in [-0.15, -0.1) is 0 Å². The van der Waals surface area contributed by atoms with Gasteiger partial charge in [0.1, 0.15) is 12.8 Å². The van der Waals surface area contributed by atoms with Crippen LogP contribution in [-0.4, -0.2) is 71.6 Å². The number of anilines is 1. The van der Waals surface area contributed by atoms with Crippen LogP contribution >= 0.6 is 0 Å². The molecule has 1 heterocycles. The van der Waals surface area contributed by atoms with Gasteiger partial charge in [-0.05, 0) is 73.6 Å². The predicted molar refractivity (Wildman–Crippen MR) is 143 cm³/mol. The standard InChI is InChI=1S/C31H35F2NO7/c1-27-10-9-20(36)11-21(27)22(32)12-23-28(2)13-18-15-34(19-7-5-17(6-8-19)26(39)40-4)41-31(18,25(38)16-35)29(28,3)14-24(37)30(23,27)33/h5-11,18,22-24,35,37H,12-16H2,1-4H3/t18-,22-,23-,24-,27-,28-,29-,30-,31-/m0/s1. The number of esters is 1. The van der Waals surface area contributed by atoms with Crippen LogP contribution in [0.2, 0.25) is 0 Å². The minimum absolute atomic E-state index is 0.0344. The minimum Gasteiger partial charge on any atom is -0.465 e. The molecule has 1 aromatic carbocycles. The summed E-state index contributed by atoms with van der Waals surface area (Å²) in [5, 5.41) is 23.4. The van der Waals surface area contributed by atoms with E-state index >= 15 is 8.78 Å². The number of hydrogen-bond donors (Lipinski definition) is 2. The smallest absolute Gasteiger partial charge is 0.337 e. The maximum absolute atomic E-state index is 17.7. The number of ketones is 2. The number of alkyl halides is 2. The van der Waals surface area contributed by atoms with Crippen LogP contribution in [0.25, 0.3) is 0 Å². The SMILES string of the molecule is COC(=O)c1ccc(N2C[C@@H]3C[C@@]4(C)[C@@H]5C[C@H](F)C6=CC(=O)C=C[C@]6(C)[C@@]5(F)[C@@H](O)C[C@]4(C)[C@]3(C(=O)CO)O2)cc1. The molecule has 4 aliphatic carbocycles. The first kappa shape index (κ1) is 28.2. The molecule has 0 radical (unpaired) electrons. The Morgan fingerprint density at radius 2 is 1.85 bits per heavy atom. The Balaban J connectivity index is 1.44. The minimum atomic E-state index is -2.31. The summed E-state index contributed by atoms with van der Waals surface area (Å²) in [6.07, 6.45) is 0.423. The second kappa shape index (κ2) is 8.78. The Labute approximate surface area is 236 Å². The summed E-state index contributed by atoms with van der Waals surface area (Å²) in [7, 11) is 1.28. The summed E-state index contributed by atoms with van der Waals surface area (Å²) in [4.78, 5) is 44.3. The van der Waals surface area contributed by atoms with E-state index < -0.39 is 75.8 Å². The number of ether oxygens (including phenoxy) is 1. The lowest BCUT2D eigenvalue weighted by atomic mass is 9.39. The van der Waals surface area contributed by atoms with Crippen LogP contribution in [-0.2, 0) is 19.2 Å². The first-order chi connectivity index (χ1) is 19.2. The number of benzene rings is 1. The van der Waals surface area contributed by atoms with Crippen molar-refractivity contribution < 1.29 is 43.0 Å². The normalized spacial score (nSPS) is 44.4. The molecule has 0 amide bonds. The number of hydroxylamine groups is 1. The third-order valence-electron chi connectivity index (χ3n) is 11.5. The van der Waals surface area contributed by atoms with E-state index in [1.54, 1.807) is 36.3 Å². The molecule has 41 heavy (non-hydrogen) atoms. The van der Waals surface area contributed by atoms with Crippen molar-refractivity contribution in [3.8, 4) is 0 Å². The van der Waals surface area contributed by atoms with Gasteiger partial charge in [0.15, 0.2) is 22.8 Å². The number of carbonyl (C=O) groups excluding carboxylic acids is 3. The van der Waals surface area contributed by atoms with Crippen LogP contribution in [0.15, 0.2) is 48.1 Å². The van der Waals surface area contributed by atoms with Crippen molar-refractivity contribution in [3.63, 3.8) is 0 Å². The van der Waals surface area contributed by atoms with Gasteiger partial charge in [0.25, 0.3) is 0 Å². The average Bonchev–Trinajstić information content (AvgIpc) is 3.42. The lowest BCUT2D eigenvalue weighted by Crippen LogP contribution is -2.73. The molecule has 2 N–H and O–H groups in total. The predicted octanol–water partition coefficient (Wildman–Crippen LogP) is 3.46. The zero-order chi connectivity index (χ0) is 29.8. The second-order valence-corrected chi connectivity index (χ2v) is 12.9. The first-order valence-corrected chi connectivity index (χ1v) is 14.0. The molecular formula is C31H35F2NO7. The topological polar surface area (TPSA) is 113 Å². The Kier molecular flexibility index (Phi) is 6.04. The van der Waals surface area contributed by atoms with Crippen molar-refractivity contribution in [2.75, 3.05) is 25.3 Å². The van der Waals surface area contributed by atoms with Crippen molar-refractivity contribution in [1.29, 1.82) is 0 Å². The van der Waals surface area contributed by atoms with E-state index in [4.69, 9.17) is 9.57 Å². The summed E-state index contributed by atoms with van der Waals surface area (Å²) in [5.41, 5.74) is -6.72. The van der Waals surface area contributed by atoms with Gasteiger partial charge in [0.05, 0.1) is 31.0 Å². The highest BCUT2D eigenvalue weighted by atomic mass is 19.1. The lowest BCUT2D eigenvalue weighted by molar-refractivity contribution is -0.256. The van der Waals surface area contributed by atoms with Gasteiger partial charge < -0.3 is 14.9 Å². The highest BCUT2D eigenvalue weighted by Gasteiger charge is 2.83. The zero-order valence-electron chi connectivity index (χ0n) is 23.5. The third kappa shape index (κ3) is 3.21. The van der Waals surface area contributed by atoms with Crippen LogP contribution in [0.4, 0.5) is 14.5 Å². The Morgan fingerprint density at radius 3 is 2.49 bits per heavy atom. The van der Waals surface area contributed by atoms with Crippen LogP contribution in [0, 0.1) is 28.1 Å². The monoisotopic (exact) mass is 571 g/mol. The van der Waals surface area contributed by atoms with E-state index in [0.29, 0.717) is 17.7 Å². The van der Waals surface area contributed by atoms with E-state index in [1.807, 2.05) is 6.92 Å². The number of allylic oxidation sites excluding steroid dienone is 4. The average molecular weight is 572 g/mol. The number of methoxy groups -OCH3 is 1. The molecule has 1 saturated heterocycles. The molecule has 5 aliphatic rings. The molecule has 0 spiro atoms. The van der Waals surface area contributed by atoms with E-state index in [9.17, 15) is 24.6 Å². The molecule has 6 rings (SSSR count). The maximum atomic E-state index is 17.7. The van der Waals surface area contributed by atoms with Gasteiger partial charge >= 0.3 is 5.97 Å². The number of hydrogen-bond acceptors (Lipinski definition) is 8. The lowest BCUT2D eigenvalue weighted by Gasteiger charge is -2.67. The number of carbonyl (C=O) groups is 3. The molecule has 10 heteroatoms. The third-order valence-corrected chi connectivity index (χ3v) is 11.5. The van der Waals surface area contributed by atoms with E-state index in [1.165, 1.54) is 26.2 Å². The Hall–Kier alpha value is -2.95. The van der Waals surface area contributed by atoms with E-state index in [0.717, 1.165) is 6.08 Å². The van der Waals surface area contributed by atoms with Crippen molar-refractivity contribution in [2.45, 2.75) is 63.6 Å². The molecule has 8 nitrogen and oxygen atoms in total. The summed E-state index contributed by atoms with van der Waals surface area (Å²) in [6, 6.07) is 6.47. The number of Topliss-reactive ketones (excluding diaryl/α,β-unsaturated/α-hetero) is 1. The van der Waals surface area contributed by atoms with Gasteiger partial charge in [-0.25, -0.2) is 13.6 Å². The molecule has 0 unspecified atom stereocenters. The quantitative estimate of drug-likeness (QED) is 0.529.